The van der Waals surface area contributed by atoms with Crippen molar-refractivity contribution in [3.05, 3.63) is 83.4 Å². The van der Waals surface area contributed by atoms with Gasteiger partial charge in [-0.1, -0.05) is 11.6 Å². The van der Waals surface area contributed by atoms with Crippen molar-refractivity contribution in [1.29, 1.82) is 0 Å². The quantitative estimate of drug-likeness (QED) is 0.498. The normalized spacial score (nSPS) is 10.1. The molecule has 0 spiro atoms. The molecule has 0 saturated carbocycles. The van der Waals surface area contributed by atoms with Gasteiger partial charge in [-0.3, -0.25) is 10.1 Å². The van der Waals surface area contributed by atoms with Crippen LogP contribution >= 0.6 is 23.8 Å². The van der Waals surface area contributed by atoms with E-state index in [-0.39, 0.29) is 11.0 Å². The van der Waals surface area contributed by atoms with Crippen LogP contribution in [0.1, 0.15) is 17.3 Å². The Labute approximate surface area is 179 Å². The molecule has 0 bridgehead atoms. The van der Waals surface area contributed by atoms with Gasteiger partial charge in [0.05, 0.1) is 6.61 Å². The molecule has 3 rings (SSSR count). The molecule has 0 heterocycles. The molecule has 148 valence electrons. The Hall–Kier alpha value is -3.09. The van der Waals surface area contributed by atoms with Crippen LogP contribution in [0, 0.1) is 0 Å². The van der Waals surface area contributed by atoms with Gasteiger partial charge in [0.25, 0.3) is 5.91 Å². The van der Waals surface area contributed by atoms with Gasteiger partial charge in [0.15, 0.2) is 5.11 Å². The minimum atomic E-state index is -0.298. The smallest absolute Gasteiger partial charge is 0.257 e. The standard InChI is InChI=1S/C22H19ClN2O3S/c1-2-27-18-9-3-15(4-10-18)21(26)25-22(29)24-17-7-13-20(14-8-17)28-19-11-5-16(23)6-12-19/h3-14H,2H2,1H3,(H2,24,25,26,29). The number of benzene rings is 3. The Morgan fingerprint density at radius 2 is 1.45 bits per heavy atom. The van der Waals surface area contributed by atoms with E-state index in [0.717, 1.165) is 5.69 Å². The fourth-order valence-corrected chi connectivity index (χ4v) is 2.79. The molecule has 0 atom stereocenters. The Morgan fingerprint density at radius 3 is 2.03 bits per heavy atom. The molecule has 0 saturated heterocycles. The van der Waals surface area contributed by atoms with Gasteiger partial charge < -0.3 is 14.8 Å². The van der Waals surface area contributed by atoms with Gasteiger partial charge >= 0.3 is 0 Å². The van der Waals surface area contributed by atoms with Gasteiger partial charge in [-0.15, -0.1) is 0 Å². The van der Waals surface area contributed by atoms with Crippen molar-refractivity contribution in [3.8, 4) is 17.2 Å². The van der Waals surface area contributed by atoms with Crippen LogP contribution in [-0.2, 0) is 0 Å². The monoisotopic (exact) mass is 426 g/mol. The summed E-state index contributed by atoms with van der Waals surface area (Å²) in [6.45, 7) is 2.48. The number of ether oxygens (including phenoxy) is 2. The van der Waals surface area contributed by atoms with Crippen molar-refractivity contribution >= 4 is 40.5 Å². The van der Waals surface area contributed by atoms with Crippen molar-refractivity contribution in [2.24, 2.45) is 0 Å². The molecular formula is C22H19ClN2O3S. The first kappa shape index (κ1) is 20.6. The summed E-state index contributed by atoms with van der Waals surface area (Å²) in [7, 11) is 0. The Morgan fingerprint density at radius 1 is 0.897 bits per heavy atom. The fourth-order valence-electron chi connectivity index (χ4n) is 2.45. The number of amides is 1. The number of rotatable bonds is 6. The highest BCUT2D eigenvalue weighted by Gasteiger charge is 2.08. The molecule has 5 nitrogen and oxygen atoms in total. The largest absolute Gasteiger partial charge is 0.494 e. The lowest BCUT2D eigenvalue weighted by molar-refractivity contribution is 0.0977. The number of nitrogens with one attached hydrogen (secondary N) is 2. The summed E-state index contributed by atoms with van der Waals surface area (Å²) in [5.74, 6) is 1.77. The molecule has 2 N–H and O–H groups in total. The highest BCUT2D eigenvalue weighted by Crippen LogP contribution is 2.24. The van der Waals surface area contributed by atoms with E-state index in [1.165, 1.54) is 0 Å². The van der Waals surface area contributed by atoms with Crippen LogP contribution in [0.5, 0.6) is 17.2 Å². The zero-order valence-corrected chi connectivity index (χ0v) is 17.2. The summed E-state index contributed by atoms with van der Waals surface area (Å²) >= 11 is 11.1. The third-order valence-electron chi connectivity index (χ3n) is 3.82. The van der Waals surface area contributed by atoms with Crippen molar-refractivity contribution < 1.29 is 14.3 Å². The van der Waals surface area contributed by atoms with Gasteiger partial charge in [-0.25, -0.2) is 0 Å². The summed E-state index contributed by atoms with van der Waals surface area (Å²) in [6.07, 6.45) is 0. The van der Waals surface area contributed by atoms with Gasteiger partial charge in [0.1, 0.15) is 17.2 Å². The van der Waals surface area contributed by atoms with E-state index in [2.05, 4.69) is 10.6 Å². The molecule has 0 aromatic heterocycles. The zero-order valence-electron chi connectivity index (χ0n) is 15.6. The van der Waals surface area contributed by atoms with Crippen molar-refractivity contribution in [2.45, 2.75) is 6.92 Å². The number of carbonyl (C=O) groups excluding carboxylic acids is 1. The van der Waals surface area contributed by atoms with Crippen molar-refractivity contribution in [3.63, 3.8) is 0 Å². The van der Waals surface area contributed by atoms with Crippen molar-refractivity contribution in [2.75, 3.05) is 11.9 Å². The second kappa shape index (κ2) is 9.91. The first-order valence-electron chi connectivity index (χ1n) is 8.92. The summed E-state index contributed by atoms with van der Waals surface area (Å²) < 4.78 is 11.1. The number of hydrogen-bond donors (Lipinski definition) is 2. The predicted octanol–water partition coefficient (Wildman–Crippen LogP) is 5.66. The van der Waals surface area contributed by atoms with Gasteiger partial charge in [0, 0.05) is 16.3 Å². The molecule has 3 aromatic carbocycles. The molecule has 0 unspecified atom stereocenters. The van der Waals surface area contributed by atoms with E-state index in [9.17, 15) is 4.79 Å². The fraction of sp³-hybridized carbons (Fsp3) is 0.0909. The molecule has 7 heteroatoms. The number of hydrogen-bond acceptors (Lipinski definition) is 4. The van der Waals surface area contributed by atoms with Gasteiger partial charge in [0.2, 0.25) is 0 Å². The van der Waals surface area contributed by atoms with Gasteiger partial charge in [-0.05, 0) is 91.9 Å². The van der Waals surface area contributed by atoms with Crippen LogP contribution in [0.3, 0.4) is 0 Å². The summed E-state index contributed by atoms with van der Waals surface area (Å²) in [5, 5.41) is 6.48. The minimum Gasteiger partial charge on any atom is -0.494 e. The van der Waals surface area contributed by atoms with Crippen LogP contribution in [0.25, 0.3) is 0 Å². The topological polar surface area (TPSA) is 59.6 Å². The van der Waals surface area contributed by atoms with E-state index < -0.39 is 0 Å². The van der Waals surface area contributed by atoms with E-state index in [1.807, 2.05) is 6.92 Å². The predicted molar refractivity (Wildman–Crippen MR) is 119 cm³/mol. The number of carbonyl (C=O) groups is 1. The van der Waals surface area contributed by atoms with Crippen LogP contribution in [-0.4, -0.2) is 17.6 Å². The number of anilines is 1. The Bertz CT molecular complexity index is 974. The average Bonchev–Trinajstić information content (AvgIpc) is 2.72. The minimum absolute atomic E-state index is 0.204. The summed E-state index contributed by atoms with van der Waals surface area (Å²) in [5.41, 5.74) is 1.22. The van der Waals surface area contributed by atoms with E-state index in [0.29, 0.717) is 34.4 Å². The Kier molecular flexibility index (Phi) is 7.05. The molecule has 0 aliphatic rings. The SMILES string of the molecule is CCOc1ccc(C(=O)NC(=S)Nc2ccc(Oc3ccc(Cl)cc3)cc2)cc1. The van der Waals surface area contributed by atoms with Crippen LogP contribution in [0.15, 0.2) is 72.8 Å². The van der Waals surface area contributed by atoms with Crippen LogP contribution < -0.4 is 20.1 Å². The molecule has 1 amide bonds. The molecule has 0 aliphatic carbocycles. The maximum absolute atomic E-state index is 12.3. The second-order valence-electron chi connectivity index (χ2n) is 5.95. The third-order valence-corrected chi connectivity index (χ3v) is 4.27. The summed E-state index contributed by atoms with van der Waals surface area (Å²) in [4.78, 5) is 12.3. The average molecular weight is 427 g/mol. The van der Waals surface area contributed by atoms with Crippen LogP contribution in [0.2, 0.25) is 5.02 Å². The first-order valence-corrected chi connectivity index (χ1v) is 9.71. The third kappa shape index (κ3) is 6.20. The van der Waals surface area contributed by atoms with E-state index >= 15 is 0 Å². The molecule has 3 aromatic rings. The maximum Gasteiger partial charge on any atom is 0.257 e. The second-order valence-corrected chi connectivity index (χ2v) is 6.79. The lowest BCUT2D eigenvalue weighted by Gasteiger charge is -2.11. The first-order chi connectivity index (χ1) is 14.0. The number of thiocarbonyl (C=S) groups is 1. The lowest BCUT2D eigenvalue weighted by atomic mass is 10.2. The van der Waals surface area contributed by atoms with Gasteiger partial charge in [-0.2, -0.15) is 0 Å². The molecule has 0 aliphatic heterocycles. The van der Waals surface area contributed by atoms with Crippen LogP contribution in [0.4, 0.5) is 5.69 Å². The zero-order chi connectivity index (χ0) is 20.6. The van der Waals surface area contributed by atoms with Crippen molar-refractivity contribution in [1.82, 2.24) is 5.32 Å². The highest BCUT2D eigenvalue weighted by atomic mass is 35.5. The lowest BCUT2D eigenvalue weighted by Crippen LogP contribution is -2.34. The summed E-state index contributed by atoms with van der Waals surface area (Å²) in [6, 6.07) is 21.2. The molecule has 0 fully saturated rings. The Balaban J connectivity index is 1.53. The number of halogens is 1. The maximum atomic E-state index is 12.3. The molecule has 29 heavy (non-hydrogen) atoms. The molecular weight excluding hydrogens is 408 g/mol. The van der Waals surface area contributed by atoms with E-state index in [4.69, 9.17) is 33.3 Å². The highest BCUT2D eigenvalue weighted by molar-refractivity contribution is 7.80. The van der Waals surface area contributed by atoms with E-state index in [1.54, 1.807) is 72.8 Å². The molecule has 0 radical (unpaired) electrons.